The van der Waals surface area contributed by atoms with Crippen molar-refractivity contribution >= 4 is 21.9 Å². The van der Waals surface area contributed by atoms with E-state index in [2.05, 4.69) is 18.8 Å². The Bertz CT molecular complexity index is 609. The van der Waals surface area contributed by atoms with E-state index in [1.54, 1.807) is 4.90 Å². The molecular formula is C16H30N4O3S. The van der Waals surface area contributed by atoms with Crippen LogP contribution in [0.25, 0.3) is 0 Å². The number of hydrogen-bond acceptors (Lipinski definition) is 5. The highest BCUT2D eigenvalue weighted by Gasteiger charge is 2.44. The van der Waals surface area contributed by atoms with Crippen molar-refractivity contribution in [2.45, 2.75) is 52.0 Å². The highest BCUT2D eigenvalue weighted by atomic mass is 32.2. The lowest BCUT2D eigenvalue weighted by molar-refractivity contribution is -0.131. The molecular weight excluding hydrogens is 328 g/mol. The zero-order valence-electron chi connectivity index (χ0n) is 15.2. The topological polar surface area (TPSA) is 96.1 Å². The normalized spacial score (nSPS) is 27.1. The zero-order chi connectivity index (χ0) is 18.1. The number of carbonyl (C=O) groups is 1. The summed E-state index contributed by atoms with van der Waals surface area (Å²) in [5, 5.41) is 0. The average Bonchev–Trinajstić information content (AvgIpc) is 2.65. The number of aliphatic imine (C=N–C) groups is 1. The maximum Gasteiger partial charge on any atom is 0.257 e. The minimum atomic E-state index is -3.09. The molecule has 1 unspecified atom stereocenters. The van der Waals surface area contributed by atoms with E-state index in [9.17, 15) is 13.2 Å². The second-order valence-electron chi connectivity index (χ2n) is 7.69. The molecule has 2 heterocycles. The molecule has 0 aromatic heterocycles. The second kappa shape index (κ2) is 7.00. The van der Waals surface area contributed by atoms with Crippen molar-refractivity contribution in [1.82, 2.24) is 9.21 Å². The molecule has 138 valence electrons. The van der Waals surface area contributed by atoms with E-state index >= 15 is 0 Å². The summed E-state index contributed by atoms with van der Waals surface area (Å²) in [6, 6.07) is 0. The molecule has 2 N–H and O–H groups in total. The van der Waals surface area contributed by atoms with Gasteiger partial charge in [-0.2, -0.15) is 0 Å². The van der Waals surface area contributed by atoms with Crippen molar-refractivity contribution in [2.24, 2.45) is 22.6 Å². The minimum Gasteiger partial charge on any atom is -0.369 e. The maximum absolute atomic E-state index is 12.7. The summed E-state index contributed by atoms with van der Waals surface area (Å²) >= 11 is 0. The van der Waals surface area contributed by atoms with Gasteiger partial charge in [-0.1, -0.05) is 13.8 Å². The standard InChI is InChI=1S/C16H30N4O3S/c1-12(2)11-16(3)14(21)20(15(17)18-16)10-7-13-5-8-19(9-6-13)24(4,22)23/h12-13H,5-11H2,1-4H3,(H2,17,18). The van der Waals surface area contributed by atoms with Crippen molar-refractivity contribution < 1.29 is 13.2 Å². The van der Waals surface area contributed by atoms with Gasteiger partial charge in [-0.15, -0.1) is 0 Å². The molecule has 7 nitrogen and oxygen atoms in total. The van der Waals surface area contributed by atoms with Crippen molar-refractivity contribution in [2.75, 3.05) is 25.9 Å². The van der Waals surface area contributed by atoms with Crippen LogP contribution in [-0.2, 0) is 14.8 Å². The highest BCUT2D eigenvalue weighted by molar-refractivity contribution is 7.88. The van der Waals surface area contributed by atoms with E-state index in [4.69, 9.17) is 5.73 Å². The lowest BCUT2D eigenvalue weighted by Crippen LogP contribution is -2.45. The Hall–Kier alpha value is -1.15. The molecule has 2 rings (SSSR count). The Balaban J connectivity index is 1.88. The smallest absolute Gasteiger partial charge is 0.257 e. The van der Waals surface area contributed by atoms with Crippen molar-refractivity contribution in [1.29, 1.82) is 0 Å². The third-order valence-corrected chi connectivity index (χ3v) is 6.26. The van der Waals surface area contributed by atoms with Crippen LogP contribution in [0.15, 0.2) is 4.99 Å². The van der Waals surface area contributed by atoms with Crippen molar-refractivity contribution in [3.05, 3.63) is 0 Å². The quantitative estimate of drug-likeness (QED) is 0.766. The fraction of sp³-hybridized carbons (Fsp3) is 0.875. The SMILES string of the molecule is CC(C)CC1(C)N=C(N)N(CCC2CCN(S(C)(=O)=O)CC2)C1=O. The molecule has 1 fully saturated rings. The molecule has 8 heteroatoms. The Labute approximate surface area is 145 Å². The van der Waals surface area contributed by atoms with Gasteiger partial charge in [0.15, 0.2) is 5.96 Å². The summed E-state index contributed by atoms with van der Waals surface area (Å²) in [5.41, 5.74) is 5.24. The summed E-state index contributed by atoms with van der Waals surface area (Å²) in [6.45, 7) is 7.68. The number of rotatable bonds is 6. The molecule has 1 saturated heterocycles. The summed E-state index contributed by atoms with van der Waals surface area (Å²) < 4.78 is 24.6. The number of amides is 1. The van der Waals surface area contributed by atoms with E-state index in [1.165, 1.54) is 10.6 Å². The van der Waals surface area contributed by atoms with Crippen molar-refractivity contribution in [3.63, 3.8) is 0 Å². The maximum atomic E-state index is 12.7. The number of guanidine groups is 1. The predicted molar refractivity (Wildman–Crippen MR) is 95.0 cm³/mol. The average molecular weight is 359 g/mol. The van der Waals surface area contributed by atoms with Gasteiger partial charge in [0.05, 0.1) is 6.26 Å². The molecule has 2 aliphatic heterocycles. The van der Waals surface area contributed by atoms with Gasteiger partial charge in [0.2, 0.25) is 10.0 Å². The van der Waals surface area contributed by atoms with Crippen LogP contribution < -0.4 is 5.73 Å². The number of piperidine rings is 1. The summed E-state index contributed by atoms with van der Waals surface area (Å²) in [5.74, 6) is 1.09. The first kappa shape index (κ1) is 19.2. The zero-order valence-corrected chi connectivity index (χ0v) is 16.0. The van der Waals surface area contributed by atoms with Crippen LogP contribution in [0, 0.1) is 11.8 Å². The molecule has 0 aromatic carbocycles. The van der Waals surface area contributed by atoms with Crippen LogP contribution >= 0.6 is 0 Å². The first-order valence-corrected chi connectivity index (χ1v) is 10.5. The Morgan fingerprint density at radius 1 is 1.33 bits per heavy atom. The van der Waals surface area contributed by atoms with Gasteiger partial charge in [-0.05, 0) is 44.4 Å². The molecule has 1 amide bonds. The molecule has 0 radical (unpaired) electrons. The van der Waals surface area contributed by atoms with Crippen LogP contribution in [0.4, 0.5) is 0 Å². The molecule has 1 atom stereocenters. The van der Waals surface area contributed by atoms with E-state index in [0.717, 1.165) is 19.3 Å². The monoisotopic (exact) mass is 358 g/mol. The Morgan fingerprint density at radius 3 is 2.42 bits per heavy atom. The third kappa shape index (κ3) is 4.27. The molecule has 0 aliphatic carbocycles. The van der Waals surface area contributed by atoms with E-state index in [1.807, 2.05) is 6.92 Å². The minimum absolute atomic E-state index is 0.0118. The van der Waals surface area contributed by atoms with Gasteiger partial charge >= 0.3 is 0 Å². The first-order chi connectivity index (χ1) is 11.0. The van der Waals surface area contributed by atoms with Crippen LogP contribution in [0.2, 0.25) is 0 Å². The van der Waals surface area contributed by atoms with Gasteiger partial charge < -0.3 is 5.73 Å². The lowest BCUT2D eigenvalue weighted by Gasteiger charge is -2.31. The summed E-state index contributed by atoms with van der Waals surface area (Å²) in [4.78, 5) is 18.7. The van der Waals surface area contributed by atoms with Crippen molar-refractivity contribution in [3.8, 4) is 0 Å². The van der Waals surface area contributed by atoms with Gasteiger partial charge in [-0.25, -0.2) is 17.7 Å². The lowest BCUT2D eigenvalue weighted by atomic mass is 9.90. The number of hydrogen-bond donors (Lipinski definition) is 1. The molecule has 0 spiro atoms. The fourth-order valence-electron chi connectivity index (χ4n) is 3.74. The van der Waals surface area contributed by atoms with Gasteiger partial charge in [0.25, 0.3) is 5.91 Å². The first-order valence-electron chi connectivity index (χ1n) is 8.65. The number of nitrogens with two attached hydrogens (primary N) is 1. The van der Waals surface area contributed by atoms with Gasteiger partial charge in [0.1, 0.15) is 5.54 Å². The molecule has 0 bridgehead atoms. The van der Waals surface area contributed by atoms with E-state index in [0.29, 0.717) is 43.9 Å². The Morgan fingerprint density at radius 2 is 1.92 bits per heavy atom. The van der Waals surface area contributed by atoms with E-state index < -0.39 is 15.6 Å². The second-order valence-corrected chi connectivity index (χ2v) is 9.68. The van der Waals surface area contributed by atoms with Crippen LogP contribution in [0.3, 0.4) is 0 Å². The van der Waals surface area contributed by atoms with Crippen LogP contribution in [0.1, 0.15) is 46.5 Å². The molecule has 24 heavy (non-hydrogen) atoms. The largest absolute Gasteiger partial charge is 0.369 e. The summed E-state index contributed by atoms with van der Waals surface area (Å²) in [6.07, 6.45) is 4.43. The predicted octanol–water partition coefficient (Wildman–Crippen LogP) is 1.01. The van der Waals surface area contributed by atoms with Crippen LogP contribution in [0.5, 0.6) is 0 Å². The summed E-state index contributed by atoms with van der Waals surface area (Å²) in [7, 11) is -3.09. The van der Waals surface area contributed by atoms with Gasteiger partial charge in [-0.3, -0.25) is 9.69 Å². The fourth-order valence-corrected chi connectivity index (χ4v) is 4.62. The molecule has 0 saturated carbocycles. The highest BCUT2D eigenvalue weighted by Crippen LogP contribution is 2.30. The van der Waals surface area contributed by atoms with Gasteiger partial charge in [0, 0.05) is 19.6 Å². The number of sulfonamides is 1. The van der Waals surface area contributed by atoms with Crippen LogP contribution in [-0.4, -0.2) is 60.9 Å². The van der Waals surface area contributed by atoms with E-state index in [-0.39, 0.29) is 5.91 Å². The Kier molecular flexibility index (Phi) is 5.59. The molecule has 0 aromatic rings. The molecule has 2 aliphatic rings. The number of carbonyl (C=O) groups excluding carboxylic acids is 1. The number of nitrogens with zero attached hydrogens (tertiary/aromatic N) is 3. The third-order valence-electron chi connectivity index (χ3n) is 4.95.